The summed E-state index contributed by atoms with van der Waals surface area (Å²) >= 11 is 1.57. The Morgan fingerprint density at radius 3 is 2.56 bits per heavy atom. The lowest BCUT2D eigenvalue weighted by Gasteiger charge is -2.14. The molecule has 0 fully saturated rings. The first-order chi connectivity index (χ1) is 15.5. The summed E-state index contributed by atoms with van der Waals surface area (Å²) in [4.78, 5) is 16.9. The number of rotatable bonds is 8. The number of anilines is 4. The molecule has 0 amide bonds. The van der Waals surface area contributed by atoms with Crippen LogP contribution in [0.2, 0.25) is 0 Å². The van der Waals surface area contributed by atoms with E-state index in [0.29, 0.717) is 23.9 Å². The molecule has 8 nitrogen and oxygen atoms in total. The Kier molecular flexibility index (Phi) is 6.44. The minimum absolute atomic E-state index is 0.433. The number of nitrogens with one attached hydrogen (secondary N) is 2. The highest BCUT2D eigenvalue weighted by Crippen LogP contribution is 2.30. The number of aromatic nitrogens is 3. The van der Waals surface area contributed by atoms with Crippen molar-refractivity contribution in [3.8, 4) is 11.8 Å². The standard InChI is InChI=1S/C23H23N7OS/c1-15-21(25-14-32-15)28-22-19-9-8-18(31-11-10-30(2)3)12-20(19)27-23(29-22)26-17-6-4-16(13-24)5-7-17/h4-9,12,14H,10-11H2,1-3H3,(H2,26,27,28,29). The first kappa shape index (κ1) is 21.5. The van der Waals surface area contributed by atoms with E-state index in [1.807, 2.05) is 51.4 Å². The third kappa shape index (κ3) is 5.11. The molecular weight excluding hydrogens is 422 g/mol. The number of hydrogen-bond acceptors (Lipinski definition) is 9. The van der Waals surface area contributed by atoms with Gasteiger partial charge in [-0.05, 0) is 57.4 Å². The summed E-state index contributed by atoms with van der Waals surface area (Å²) in [7, 11) is 4.02. The zero-order valence-electron chi connectivity index (χ0n) is 18.1. The van der Waals surface area contributed by atoms with Crippen LogP contribution in [0.3, 0.4) is 0 Å². The van der Waals surface area contributed by atoms with Gasteiger partial charge < -0.3 is 20.3 Å². The predicted octanol–water partition coefficient (Wildman–Crippen LogP) is 4.69. The molecule has 162 valence electrons. The molecule has 32 heavy (non-hydrogen) atoms. The molecule has 2 N–H and O–H groups in total. The molecule has 0 saturated carbocycles. The highest BCUT2D eigenvalue weighted by molar-refractivity contribution is 7.10. The van der Waals surface area contributed by atoms with E-state index < -0.39 is 0 Å². The van der Waals surface area contributed by atoms with Crippen molar-refractivity contribution in [2.75, 3.05) is 37.9 Å². The first-order valence-electron chi connectivity index (χ1n) is 10.1. The molecule has 0 spiro atoms. The summed E-state index contributed by atoms with van der Waals surface area (Å²) in [6, 6.07) is 15.1. The van der Waals surface area contributed by atoms with E-state index in [0.717, 1.165) is 39.6 Å². The highest BCUT2D eigenvalue weighted by Gasteiger charge is 2.12. The Hall–Kier alpha value is -3.74. The van der Waals surface area contributed by atoms with Crippen molar-refractivity contribution in [3.05, 3.63) is 58.4 Å². The molecular formula is C23H23N7OS. The quantitative estimate of drug-likeness (QED) is 0.403. The van der Waals surface area contributed by atoms with Crippen molar-refractivity contribution in [1.82, 2.24) is 19.9 Å². The van der Waals surface area contributed by atoms with E-state index in [-0.39, 0.29) is 0 Å². The van der Waals surface area contributed by atoms with Gasteiger partial charge in [0.2, 0.25) is 5.95 Å². The number of ether oxygens (including phenoxy) is 1. The molecule has 0 bridgehead atoms. The van der Waals surface area contributed by atoms with Crippen LogP contribution in [0, 0.1) is 18.3 Å². The van der Waals surface area contributed by atoms with Gasteiger partial charge in [-0.2, -0.15) is 10.2 Å². The fraction of sp³-hybridized carbons (Fsp3) is 0.217. The summed E-state index contributed by atoms with van der Waals surface area (Å²) < 4.78 is 5.89. The van der Waals surface area contributed by atoms with Gasteiger partial charge in [-0.3, -0.25) is 0 Å². The van der Waals surface area contributed by atoms with Gasteiger partial charge >= 0.3 is 0 Å². The van der Waals surface area contributed by atoms with Gasteiger partial charge in [0.05, 0.1) is 22.7 Å². The third-order valence-corrected chi connectivity index (χ3v) is 5.49. The summed E-state index contributed by atoms with van der Waals surface area (Å²) in [6.45, 7) is 3.42. The number of nitriles is 1. The van der Waals surface area contributed by atoms with Gasteiger partial charge in [0, 0.05) is 28.6 Å². The SMILES string of the molecule is Cc1scnc1Nc1nc(Nc2ccc(C#N)cc2)nc2cc(OCCN(C)C)ccc12. The topological polar surface area (TPSA) is 99.0 Å². The maximum absolute atomic E-state index is 9.01. The lowest BCUT2D eigenvalue weighted by molar-refractivity contribution is 0.261. The maximum atomic E-state index is 9.01. The lowest BCUT2D eigenvalue weighted by atomic mass is 10.2. The number of aryl methyl sites for hydroxylation is 1. The van der Waals surface area contributed by atoms with Crippen LogP contribution in [0.5, 0.6) is 5.75 Å². The summed E-state index contributed by atoms with van der Waals surface area (Å²) in [5.74, 6) is 2.60. The fourth-order valence-corrected chi connectivity index (χ4v) is 3.52. The van der Waals surface area contributed by atoms with Crippen molar-refractivity contribution in [2.24, 2.45) is 0 Å². The molecule has 0 radical (unpaired) electrons. The van der Waals surface area contributed by atoms with Gasteiger partial charge in [0.1, 0.15) is 24.0 Å². The van der Waals surface area contributed by atoms with E-state index in [4.69, 9.17) is 15.0 Å². The van der Waals surface area contributed by atoms with Gasteiger partial charge in [0.25, 0.3) is 0 Å². The van der Waals surface area contributed by atoms with Crippen molar-refractivity contribution < 1.29 is 4.74 Å². The summed E-state index contributed by atoms with van der Waals surface area (Å²) in [6.07, 6.45) is 0. The molecule has 2 aromatic carbocycles. The first-order valence-corrected chi connectivity index (χ1v) is 10.9. The minimum atomic E-state index is 0.433. The Bertz CT molecular complexity index is 1260. The highest BCUT2D eigenvalue weighted by atomic mass is 32.1. The smallest absolute Gasteiger partial charge is 0.229 e. The van der Waals surface area contributed by atoms with E-state index in [9.17, 15) is 0 Å². The van der Waals surface area contributed by atoms with Crippen LogP contribution in [-0.4, -0.2) is 47.1 Å². The molecule has 2 aromatic heterocycles. The Morgan fingerprint density at radius 2 is 1.88 bits per heavy atom. The van der Waals surface area contributed by atoms with Gasteiger partial charge in [0.15, 0.2) is 0 Å². The monoisotopic (exact) mass is 445 g/mol. The van der Waals surface area contributed by atoms with Gasteiger partial charge in [-0.15, -0.1) is 11.3 Å². The zero-order valence-corrected chi connectivity index (χ0v) is 18.9. The van der Waals surface area contributed by atoms with Crippen LogP contribution < -0.4 is 15.4 Å². The molecule has 0 aliphatic heterocycles. The number of benzene rings is 2. The molecule has 0 aliphatic carbocycles. The molecule has 0 aliphatic rings. The summed E-state index contributed by atoms with van der Waals surface area (Å²) in [5.41, 5.74) is 3.93. The Labute approximate surface area is 190 Å². The van der Waals surface area contributed by atoms with Crippen molar-refractivity contribution in [1.29, 1.82) is 5.26 Å². The average Bonchev–Trinajstić information content (AvgIpc) is 3.18. The van der Waals surface area contributed by atoms with Crippen LogP contribution in [0.4, 0.5) is 23.3 Å². The Balaban J connectivity index is 1.69. The molecule has 0 unspecified atom stereocenters. The van der Waals surface area contributed by atoms with Crippen molar-refractivity contribution >= 4 is 45.5 Å². The lowest BCUT2D eigenvalue weighted by Crippen LogP contribution is -2.19. The fourth-order valence-electron chi connectivity index (χ4n) is 2.99. The second kappa shape index (κ2) is 9.60. The second-order valence-electron chi connectivity index (χ2n) is 7.42. The van der Waals surface area contributed by atoms with E-state index in [1.165, 1.54) is 0 Å². The minimum Gasteiger partial charge on any atom is -0.492 e. The van der Waals surface area contributed by atoms with E-state index in [2.05, 4.69) is 31.6 Å². The molecule has 9 heteroatoms. The van der Waals surface area contributed by atoms with Crippen molar-refractivity contribution in [2.45, 2.75) is 6.92 Å². The number of likely N-dealkylation sites (N-methyl/N-ethyl adjacent to an activating group) is 1. The summed E-state index contributed by atoms with van der Waals surface area (Å²) in [5, 5.41) is 16.4. The molecule has 4 rings (SSSR count). The molecule has 2 heterocycles. The van der Waals surface area contributed by atoms with E-state index >= 15 is 0 Å². The number of hydrogen-bond donors (Lipinski definition) is 2. The number of thiazole rings is 1. The van der Waals surface area contributed by atoms with Gasteiger partial charge in [-0.25, -0.2) is 9.97 Å². The van der Waals surface area contributed by atoms with Crippen LogP contribution in [0.1, 0.15) is 10.4 Å². The zero-order chi connectivity index (χ0) is 22.5. The van der Waals surface area contributed by atoms with Crippen molar-refractivity contribution in [3.63, 3.8) is 0 Å². The largest absolute Gasteiger partial charge is 0.492 e. The second-order valence-corrected chi connectivity index (χ2v) is 8.48. The van der Waals surface area contributed by atoms with Crippen LogP contribution in [0.15, 0.2) is 48.0 Å². The van der Waals surface area contributed by atoms with Crippen LogP contribution >= 0.6 is 11.3 Å². The molecule has 0 atom stereocenters. The normalized spacial score (nSPS) is 10.8. The average molecular weight is 446 g/mol. The van der Waals surface area contributed by atoms with Crippen LogP contribution in [-0.2, 0) is 0 Å². The molecule has 0 saturated heterocycles. The number of fused-ring (bicyclic) bond motifs is 1. The van der Waals surface area contributed by atoms with Crippen LogP contribution in [0.25, 0.3) is 10.9 Å². The third-order valence-electron chi connectivity index (χ3n) is 4.73. The van der Waals surface area contributed by atoms with Gasteiger partial charge in [-0.1, -0.05) is 0 Å². The number of nitrogens with zero attached hydrogens (tertiary/aromatic N) is 5. The van der Waals surface area contributed by atoms with E-state index in [1.54, 1.807) is 29.0 Å². The molecule has 4 aromatic rings. The Morgan fingerprint density at radius 1 is 1.06 bits per heavy atom. The predicted molar refractivity (Wildman–Crippen MR) is 128 cm³/mol. The maximum Gasteiger partial charge on any atom is 0.229 e.